The van der Waals surface area contributed by atoms with Gasteiger partial charge in [0, 0.05) is 18.3 Å². The van der Waals surface area contributed by atoms with Crippen LogP contribution in [0.4, 0.5) is 18.9 Å². The van der Waals surface area contributed by atoms with Crippen LogP contribution in [-0.4, -0.2) is 12.6 Å². The van der Waals surface area contributed by atoms with E-state index in [0.717, 1.165) is 18.2 Å². The predicted octanol–water partition coefficient (Wildman–Crippen LogP) is 3.38. The highest BCUT2D eigenvalue weighted by Gasteiger charge is 2.33. The molecule has 3 rings (SSSR count). The van der Waals surface area contributed by atoms with Crippen molar-refractivity contribution in [1.82, 2.24) is 0 Å². The first-order valence-electron chi connectivity index (χ1n) is 6.79. The summed E-state index contributed by atoms with van der Waals surface area (Å²) < 4.78 is 39.6. The number of benzene rings is 2. The average Bonchev–Trinajstić information content (AvgIpc) is 2.85. The van der Waals surface area contributed by atoms with Crippen LogP contribution >= 0.6 is 0 Å². The van der Waals surface area contributed by atoms with Crippen molar-refractivity contribution in [2.75, 3.05) is 11.4 Å². The molecule has 0 aromatic heterocycles. The van der Waals surface area contributed by atoms with Crippen molar-refractivity contribution in [3.05, 3.63) is 65.5 Å². The molecule has 2 N–H and O–H groups in total. The van der Waals surface area contributed by atoms with Crippen LogP contribution in [-0.2, 0) is 0 Å². The van der Waals surface area contributed by atoms with Gasteiger partial charge >= 0.3 is 0 Å². The van der Waals surface area contributed by atoms with Crippen LogP contribution < -0.4 is 10.6 Å². The van der Waals surface area contributed by atoms with E-state index >= 15 is 0 Å². The molecule has 1 aliphatic rings. The third-order valence-corrected chi connectivity index (χ3v) is 3.89. The molecule has 0 spiro atoms. The Morgan fingerprint density at radius 1 is 0.952 bits per heavy atom. The molecule has 21 heavy (non-hydrogen) atoms. The second-order valence-electron chi connectivity index (χ2n) is 5.24. The van der Waals surface area contributed by atoms with Crippen LogP contribution in [0.1, 0.15) is 18.0 Å². The molecule has 1 fully saturated rings. The van der Waals surface area contributed by atoms with Crippen molar-refractivity contribution in [2.45, 2.75) is 18.5 Å². The molecule has 110 valence electrons. The monoisotopic (exact) mass is 292 g/mol. The Hall–Kier alpha value is -2.01. The van der Waals surface area contributed by atoms with Crippen molar-refractivity contribution in [1.29, 1.82) is 0 Å². The zero-order chi connectivity index (χ0) is 15.0. The fourth-order valence-corrected chi connectivity index (χ4v) is 2.86. The van der Waals surface area contributed by atoms with Gasteiger partial charge in [-0.2, -0.15) is 0 Å². The molecule has 5 heteroatoms. The molecule has 1 heterocycles. The highest BCUT2D eigenvalue weighted by Crippen LogP contribution is 2.35. The standard InChI is InChI=1S/C16H15F3N2/c17-11-2-4-12(5-3-11)21-8-7-15(20)16(21)10-1-6-13(18)14(19)9-10/h1-6,9,15-16H,7-8,20H2. The van der Waals surface area contributed by atoms with E-state index < -0.39 is 11.6 Å². The van der Waals surface area contributed by atoms with Crippen LogP contribution in [0, 0.1) is 17.5 Å². The average molecular weight is 292 g/mol. The van der Waals surface area contributed by atoms with E-state index in [1.807, 2.05) is 4.90 Å². The SMILES string of the molecule is NC1CCN(c2ccc(F)cc2)C1c1ccc(F)c(F)c1. The first kappa shape index (κ1) is 13.9. The van der Waals surface area contributed by atoms with Gasteiger partial charge < -0.3 is 10.6 Å². The fraction of sp³-hybridized carbons (Fsp3) is 0.250. The van der Waals surface area contributed by atoms with Gasteiger partial charge in [-0.1, -0.05) is 6.07 Å². The van der Waals surface area contributed by atoms with E-state index in [9.17, 15) is 13.2 Å². The maximum absolute atomic E-state index is 13.5. The minimum atomic E-state index is -0.884. The number of hydrogen-bond acceptors (Lipinski definition) is 2. The van der Waals surface area contributed by atoms with Gasteiger partial charge in [0.1, 0.15) is 5.82 Å². The van der Waals surface area contributed by atoms with Gasteiger partial charge in [0.05, 0.1) is 6.04 Å². The highest BCUT2D eigenvalue weighted by molar-refractivity contribution is 5.51. The van der Waals surface area contributed by atoms with Gasteiger partial charge in [0.25, 0.3) is 0 Å². The molecular weight excluding hydrogens is 277 g/mol. The summed E-state index contributed by atoms with van der Waals surface area (Å²) in [4.78, 5) is 2.00. The maximum atomic E-state index is 13.5. The lowest BCUT2D eigenvalue weighted by molar-refractivity contribution is 0.503. The quantitative estimate of drug-likeness (QED) is 0.919. The van der Waals surface area contributed by atoms with Crippen molar-refractivity contribution in [3.63, 3.8) is 0 Å². The van der Waals surface area contributed by atoms with Crippen LogP contribution in [0.15, 0.2) is 42.5 Å². The van der Waals surface area contributed by atoms with Crippen molar-refractivity contribution >= 4 is 5.69 Å². The largest absolute Gasteiger partial charge is 0.363 e. The molecule has 2 aromatic carbocycles. The number of nitrogens with zero attached hydrogens (tertiary/aromatic N) is 1. The Balaban J connectivity index is 1.97. The van der Waals surface area contributed by atoms with E-state index in [4.69, 9.17) is 5.73 Å². The third kappa shape index (κ3) is 2.61. The molecular formula is C16H15F3N2. The van der Waals surface area contributed by atoms with Gasteiger partial charge in [-0.3, -0.25) is 0 Å². The molecule has 2 aromatic rings. The van der Waals surface area contributed by atoms with Crippen LogP contribution in [0.2, 0.25) is 0 Å². The van der Waals surface area contributed by atoms with Gasteiger partial charge in [-0.25, -0.2) is 13.2 Å². The molecule has 0 amide bonds. The zero-order valence-electron chi connectivity index (χ0n) is 11.3. The summed E-state index contributed by atoms with van der Waals surface area (Å²) in [5, 5.41) is 0. The lowest BCUT2D eigenvalue weighted by Gasteiger charge is -2.29. The van der Waals surface area contributed by atoms with Gasteiger partial charge in [0.2, 0.25) is 0 Å². The van der Waals surface area contributed by atoms with Crippen LogP contribution in [0.3, 0.4) is 0 Å². The first-order chi connectivity index (χ1) is 10.1. The van der Waals surface area contributed by atoms with Crippen LogP contribution in [0.5, 0.6) is 0 Å². The summed E-state index contributed by atoms with van der Waals surface area (Å²) in [5.41, 5.74) is 7.57. The lowest BCUT2D eigenvalue weighted by atomic mass is 10.00. The molecule has 2 atom stereocenters. The van der Waals surface area contributed by atoms with E-state index in [2.05, 4.69) is 0 Å². The van der Waals surface area contributed by atoms with Gasteiger partial charge in [0.15, 0.2) is 11.6 Å². The number of anilines is 1. The Bertz CT molecular complexity index is 642. The number of hydrogen-bond donors (Lipinski definition) is 1. The molecule has 0 aliphatic carbocycles. The summed E-state index contributed by atoms with van der Waals surface area (Å²) >= 11 is 0. The molecule has 0 radical (unpaired) electrons. The summed E-state index contributed by atoms with van der Waals surface area (Å²) in [6.07, 6.45) is 0.737. The van der Waals surface area contributed by atoms with Gasteiger partial charge in [-0.15, -0.1) is 0 Å². The Morgan fingerprint density at radius 2 is 1.67 bits per heavy atom. The fourth-order valence-electron chi connectivity index (χ4n) is 2.86. The smallest absolute Gasteiger partial charge is 0.159 e. The predicted molar refractivity (Wildman–Crippen MR) is 75.4 cm³/mol. The van der Waals surface area contributed by atoms with Crippen LogP contribution in [0.25, 0.3) is 0 Å². The van der Waals surface area contributed by atoms with E-state index in [1.165, 1.54) is 18.2 Å². The zero-order valence-corrected chi connectivity index (χ0v) is 11.3. The second kappa shape index (κ2) is 5.41. The molecule has 1 saturated heterocycles. The normalized spacial score (nSPS) is 21.8. The molecule has 0 saturated carbocycles. The Labute approximate surface area is 121 Å². The van der Waals surface area contributed by atoms with Crippen molar-refractivity contribution < 1.29 is 13.2 Å². The molecule has 2 nitrogen and oxygen atoms in total. The van der Waals surface area contributed by atoms with E-state index in [0.29, 0.717) is 12.1 Å². The summed E-state index contributed by atoms with van der Waals surface area (Å²) in [5.74, 6) is -2.07. The number of nitrogens with two attached hydrogens (primary N) is 1. The van der Waals surface area contributed by atoms with Crippen molar-refractivity contribution in [3.8, 4) is 0 Å². The molecule has 1 aliphatic heterocycles. The number of halogens is 3. The van der Waals surface area contributed by atoms with Gasteiger partial charge in [-0.05, 0) is 48.4 Å². The minimum Gasteiger partial charge on any atom is -0.363 e. The topological polar surface area (TPSA) is 29.3 Å². The summed E-state index contributed by atoms with van der Waals surface area (Å²) in [6.45, 7) is 0.691. The first-order valence-corrected chi connectivity index (χ1v) is 6.79. The highest BCUT2D eigenvalue weighted by atomic mass is 19.2. The lowest BCUT2D eigenvalue weighted by Crippen LogP contribution is -2.31. The maximum Gasteiger partial charge on any atom is 0.159 e. The van der Waals surface area contributed by atoms with E-state index in [-0.39, 0.29) is 17.9 Å². The minimum absolute atomic E-state index is 0.181. The number of rotatable bonds is 2. The Kier molecular flexibility index (Phi) is 3.59. The summed E-state index contributed by atoms with van der Waals surface area (Å²) in [7, 11) is 0. The third-order valence-electron chi connectivity index (χ3n) is 3.89. The molecule has 2 unspecified atom stereocenters. The summed E-state index contributed by atoms with van der Waals surface area (Å²) in [6, 6.07) is 9.50. The second-order valence-corrected chi connectivity index (χ2v) is 5.24. The van der Waals surface area contributed by atoms with Crippen molar-refractivity contribution in [2.24, 2.45) is 5.73 Å². The van der Waals surface area contributed by atoms with E-state index in [1.54, 1.807) is 18.2 Å². The molecule has 0 bridgehead atoms. The Morgan fingerprint density at radius 3 is 2.33 bits per heavy atom.